The average molecular weight is 267 g/mol. The summed E-state index contributed by atoms with van der Waals surface area (Å²) in [5.41, 5.74) is 8.19. The lowest BCUT2D eigenvalue weighted by molar-refractivity contribution is 0.0232. The second-order valence-corrected chi connectivity index (χ2v) is 4.82. The molecule has 0 radical (unpaired) electrons. The van der Waals surface area contributed by atoms with Crippen LogP contribution in [0.3, 0.4) is 0 Å². The zero-order chi connectivity index (χ0) is 13.1. The topological polar surface area (TPSA) is 70.3 Å². The Morgan fingerprint density at radius 3 is 2.61 bits per heavy atom. The molecular formula is C12H17N3O2S. The van der Waals surface area contributed by atoms with Crippen molar-refractivity contribution in [2.45, 2.75) is 32.8 Å². The van der Waals surface area contributed by atoms with Gasteiger partial charge in [0.15, 0.2) is 0 Å². The van der Waals surface area contributed by atoms with E-state index in [-0.39, 0.29) is 6.10 Å². The van der Waals surface area contributed by atoms with Crippen molar-refractivity contribution >= 4 is 17.2 Å². The van der Waals surface area contributed by atoms with E-state index in [1.807, 2.05) is 13.8 Å². The van der Waals surface area contributed by atoms with Gasteiger partial charge in [-0.15, -0.1) is 5.10 Å². The summed E-state index contributed by atoms with van der Waals surface area (Å²) in [6, 6.07) is 0. The van der Waals surface area contributed by atoms with Crippen LogP contribution in [0.1, 0.15) is 29.7 Å². The van der Waals surface area contributed by atoms with Gasteiger partial charge in [0, 0.05) is 12.8 Å². The van der Waals surface area contributed by atoms with Crippen LogP contribution in [0.2, 0.25) is 0 Å². The Morgan fingerprint density at radius 1 is 1.33 bits per heavy atom. The first-order valence-electron chi connectivity index (χ1n) is 5.97. The van der Waals surface area contributed by atoms with Gasteiger partial charge in [-0.25, -0.2) is 0 Å². The third-order valence-electron chi connectivity index (χ3n) is 3.12. The molecule has 0 amide bonds. The van der Waals surface area contributed by atoms with Crippen LogP contribution >= 0.6 is 12.2 Å². The molecule has 0 aromatic carbocycles. The fourth-order valence-corrected chi connectivity index (χ4v) is 2.15. The van der Waals surface area contributed by atoms with Crippen molar-refractivity contribution in [3.63, 3.8) is 0 Å². The Balaban J connectivity index is 2.26. The van der Waals surface area contributed by atoms with Gasteiger partial charge in [0.25, 0.3) is 0 Å². The first-order valence-corrected chi connectivity index (χ1v) is 6.38. The molecule has 1 saturated heterocycles. The highest BCUT2D eigenvalue weighted by atomic mass is 32.1. The fourth-order valence-electron chi connectivity index (χ4n) is 1.91. The predicted octanol–water partition coefficient (Wildman–Crippen LogP) is 1.29. The van der Waals surface area contributed by atoms with Crippen LogP contribution in [0.25, 0.3) is 0 Å². The summed E-state index contributed by atoms with van der Waals surface area (Å²) in [6.07, 6.45) is 1.81. The van der Waals surface area contributed by atoms with E-state index in [4.69, 9.17) is 27.4 Å². The van der Waals surface area contributed by atoms with Crippen molar-refractivity contribution in [2.24, 2.45) is 5.73 Å². The maximum absolute atomic E-state index is 5.86. The molecule has 2 heterocycles. The molecule has 0 unspecified atom stereocenters. The quantitative estimate of drug-likeness (QED) is 0.832. The summed E-state index contributed by atoms with van der Waals surface area (Å²) in [4.78, 5) is 0.299. The summed E-state index contributed by atoms with van der Waals surface area (Å²) in [6.45, 7) is 5.23. The van der Waals surface area contributed by atoms with Gasteiger partial charge in [0.05, 0.1) is 24.5 Å². The molecule has 1 aromatic heterocycles. The molecule has 0 bridgehead atoms. The number of thiocarbonyl (C=S) groups is 1. The van der Waals surface area contributed by atoms with Crippen LogP contribution in [-0.2, 0) is 4.74 Å². The van der Waals surface area contributed by atoms with Gasteiger partial charge in [-0.1, -0.05) is 12.2 Å². The summed E-state index contributed by atoms with van der Waals surface area (Å²) in [5, 5.41) is 8.14. The molecule has 1 aliphatic heterocycles. The molecule has 0 aliphatic carbocycles. The van der Waals surface area contributed by atoms with Crippen molar-refractivity contribution in [1.29, 1.82) is 0 Å². The zero-order valence-corrected chi connectivity index (χ0v) is 11.4. The average Bonchev–Trinajstić information content (AvgIpc) is 2.35. The molecule has 5 nitrogen and oxygen atoms in total. The van der Waals surface area contributed by atoms with Crippen LogP contribution in [0.4, 0.5) is 0 Å². The molecular weight excluding hydrogens is 250 g/mol. The smallest absolute Gasteiger partial charge is 0.244 e. The van der Waals surface area contributed by atoms with Crippen molar-refractivity contribution in [2.75, 3.05) is 13.2 Å². The molecule has 6 heteroatoms. The Bertz CT molecular complexity index is 459. The molecule has 2 N–H and O–H groups in total. The van der Waals surface area contributed by atoms with E-state index in [1.54, 1.807) is 0 Å². The number of aryl methyl sites for hydroxylation is 1. The van der Waals surface area contributed by atoms with E-state index in [2.05, 4.69) is 10.2 Å². The number of hydrogen-bond donors (Lipinski definition) is 1. The number of aromatic nitrogens is 2. The minimum Gasteiger partial charge on any atom is -0.473 e. The first-order chi connectivity index (χ1) is 8.59. The van der Waals surface area contributed by atoms with E-state index in [1.165, 1.54) is 0 Å². The highest BCUT2D eigenvalue weighted by molar-refractivity contribution is 7.80. The van der Waals surface area contributed by atoms with Gasteiger partial charge in [-0.05, 0) is 19.4 Å². The SMILES string of the molecule is Cc1nnc(OC2CCOCC2)c(C(N)=S)c1C. The van der Waals surface area contributed by atoms with E-state index < -0.39 is 0 Å². The standard InChI is InChI=1S/C12H17N3O2S/c1-7-8(2)14-15-12(10(7)11(13)18)17-9-3-5-16-6-4-9/h9H,3-6H2,1-2H3,(H2,13,18). The minimum absolute atomic E-state index is 0.100. The largest absolute Gasteiger partial charge is 0.473 e. The van der Waals surface area contributed by atoms with Gasteiger partial charge >= 0.3 is 0 Å². The second kappa shape index (κ2) is 5.58. The van der Waals surface area contributed by atoms with E-state index in [0.717, 1.165) is 24.1 Å². The van der Waals surface area contributed by atoms with Gasteiger partial charge < -0.3 is 15.2 Å². The van der Waals surface area contributed by atoms with E-state index >= 15 is 0 Å². The van der Waals surface area contributed by atoms with E-state index in [0.29, 0.717) is 29.6 Å². The summed E-state index contributed by atoms with van der Waals surface area (Å²) in [5.74, 6) is 0.442. The van der Waals surface area contributed by atoms with Crippen LogP contribution in [0.5, 0.6) is 5.88 Å². The Hall–Kier alpha value is -1.27. The van der Waals surface area contributed by atoms with Crippen LogP contribution in [0, 0.1) is 13.8 Å². The lowest BCUT2D eigenvalue weighted by atomic mass is 10.1. The van der Waals surface area contributed by atoms with Crippen molar-refractivity contribution in [3.05, 3.63) is 16.8 Å². The first kappa shape index (κ1) is 13.2. The number of nitrogens with zero attached hydrogens (tertiary/aromatic N) is 2. The normalized spacial score (nSPS) is 16.6. The summed E-state index contributed by atoms with van der Waals surface area (Å²) < 4.78 is 11.2. The predicted molar refractivity (Wildman–Crippen MR) is 71.9 cm³/mol. The highest BCUT2D eigenvalue weighted by Crippen LogP contribution is 2.23. The van der Waals surface area contributed by atoms with Crippen molar-refractivity contribution in [1.82, 2.24) is 10.2 Å². The van der Waals surface area contributed by atoms with E-state index in [9.17, 15) is 0 Å². The van der Waals surface area contributed by atoms with Crippen LogP contribution in [0.15, 0.2) is 0 Å². The van der Waals surface area contributed by atoms with Crippen molar-refractivity contribution < 1.29 is 9.47 Å². The molecule has 98 valence electrons. The number of nitrogens with two attached hydrogens (primary N) is 1. The zero-order valence-electron chi connectivity index (χ0n) is 10.6. The highest BCUT2D eigenvalue weighted by Gasteiger charge is 2.20. The minimum atomic E-state index is 0.100. The maximum Gasteiger partial charge on any atom is 0.244 e. The lowest BCUT2D eigenvalue weighted by Crippen LogP contribution is -2.28. The second-order valence-electron chi connectivity index (χ2n) is 4.38. The number of hydrogen-bond acceptors (Lipinski definition) is 5. The molecule has 18 heavy (non-hydrogen) atoms. The molecule has 1 fully saturated rings. The lowest BCUT2D eigenvalue weighted by Gasteiger charge is -2.24. The Morgan fingerprint density at radius 2 is 2.00 bits per heavy atom. The summed E-state index contributed by atoms with van der Waals surface area (Å²) >= 11 is 5.07. The third-order valence-corrected chi connectivity index (χ3v) is 3.32. The van der Waals surface area contributed by atoms with Crippen molar-refractivity contribution in [3.8, 4) is 5.88 Å². The Labute approximate surface area is 112 Å². The maximum atomic E-state index is 5.86. The van der Waals surface area contributed by atoms with Gasteiger partial charge in [0.2, 0.25) is 5.88 Å². The Kier molecular flexibility index (Phi) is 4.08. The van der Waals surface area contributed by atoms with Gasteiger partial charge in [-0.2, -0.15) is 5.10 Å². The monoisotopic (exact) mass is 267 g/mol. The molecule has 1 aliphatic rings. The molecule has 0 saturated carbocycles. The molecule has 2 rings (SSSR count). The van der Waals surface area contributed by atoms with Gasteiger partial charge in [0.1, 0.15) is 11.1 Å². The third kappa shape index (κ3) is 2.76. The molecule has 0 atom stereocenters. The molecule has 0 spiro atoms. The number of rotatable bonds is 3. The molecule has 1 aromatic rings. The number of ether oxygens (including phenoxy) is 2. The fraction of sp³-hybridized carbons (Fsp3) is 0.583. The van der Waals surface area contributed by atoms with Crippen LogP contribution < -0.4 is 10.5 Å². The summed E-state index contributed by atoms with van der Waals surface area (Å²) in [7, 11) is 0. The van der Waals surface area contributed by atoms with Crippen LogP contribution in [-0.4, -0.2) is 34.5 Å². The van der Waals surface area contributed by atoms with Gasteiger partial charge in [-0.3, -0.25) is 0 Å².